The Morgan fingerprint density at radius 3 is 2.39 bits per heavy atom. The highest BCUT2D eigenvalue weighted by Gasteiger charge is 2.38. The van der Waals surface area contributed by atoms with E-state index in [1.807, 2.05) is 61.7 Å². The number of aromatic nitrogens is 2. The summed E-state index contributed by atoms with van der Waals surface area (Å²) in [4.78, 5) is 37.9. The maximum Gasteiger partial charge on any atom is 0.292 e. The zero-order valence-corrected chi connectivity index (χ0v) is 33.2. The van der Waals surface area contributed by atoms with Crippen molar-refractivity contribution in [3.05, 3.63) is 158 Å². The first-order valence-corrected chi connectivity index (χ1v) is 19.5. The maximum atomic E-state index is 13.9. The molecule has 0 fully saturated rings. The lowest BCUT2D eigenvalue weighted by Crippen LogP contribution is -2.53. The third kappa shape index (κ3) is 8.19. The van der Waals surface area contributed by atoms with Gasteiger partial charge in [0.2, 0.25) is 11.7 Å². The third-order valence-corrected chi connectivity index (χ3v) is 11.4. The van der Waals surface area contributed by atoms with Gasteiger partial charge in [-0.25, -0.2) is 4.98 Å². The van der Waals surface area contributed by atoms with E-state index in [2.05, 4.69) is 46.5 Å². The fourth-order valence-corrected chi connectivity index (χ4v) is 7.55. The molecule has 4 heterocycles. The number of pyridine rings is 1. The molecule has 2 aliphatic heterocycles. The van der Waals surface area contributed by atoms with Gasteiger partial charge in [0.05, 0.1) is 15.7 Å². The molecule has 6 aromatic rings. The molecule has 0 bridgehead atoms. The number of carbonyl (C=O) groups excluding carboxylic acids is 2. The Balaban J connectivity index is 0.942. The Morgan fingerprint density at radius 2 is 1.63 bits per heavy atom. The van der Waals surface area contributed by atoms with Crippen molar-refractivity contribution in [3.8, 4) is 28.4 Å². The van der Waals surface area contributed by atoms with Crippen LogP contribution in [-0.2, 0) is 30.8 Å². The van der Waals surface area contributed by atoms with Crippen LogP contribution in [0.15, 0.2) is 102 Å². The Kier molecular flexibility index (Phi) is 10.9. The van der Waals surface area contributed by atoms with Gasteiger partial charge in [-0.3, -0.25) is 14.6 Å². The van der Waals surface area contributed by atoms with Crippen LogP contribution in [0, 0.1) is 20.8 Å². The van der Waals surface area contributed by atoms with Crippen LogP contribution in [0.4, 0.5) is 0 Å². The standard InChI is InChI=1S/C45H40Cl2N4O6/c1-26-27(2)48-17-15-36(26)31-7-4-29(5-8-31)14-16-49-44(52)39-19-33-20-40-41(21-34(33)22-51(39)45(53)43-28(3)50-25-56-43)57-42(24-55-40)32-9-11-35(12-10-32)54-23-30-6-13-37(46)38(47)18-30/h4-13,15,17-18,20-21,25,39,42H,14,16,19,22-24H2,1-3H3,(H,49,52)/t39-,42+/m0/s1. The van der Waals surface area contributed by atoms with Crippen molar-refractivity contribution in [2.45, 2.75) is 58.9 Å². The summed E-state index contributed by atoms with van der Waals surface area (Å²) < 4.78 is 24.2. The van der Waals surface area contributed by atoms with Crippen molar-refractivity contribution in [3.63, 3.8) is 0 Å². The van der Waals surface area contributed by atoms with E-state index in [9.17, 15) is 9.59 Å². The number of halogens is 2. The molecule has 1 N–H and O–H groups in total. The summed E-state index contributed by atoms with van der Waals surface area (Å²) in [5.74, 6) is 1.32. The smallest absolute Gasteiger partial charge is 0.292 e. The van der Waals surface area contributed by atoms with E-state index in [1.165, 1.54) is 6.39 Å². The second kappa shape index (κ2) is 16.3. The number of ether oxygens (including phenoxy) is 3. The van der Waals surface area contributed by atoms with Crippen LogP contribution in [0.3, 0.4) is 0 Å². The minimum atomic E-state index is -0.775. The van der Waals surface area contributed by atoms with Gasteiger partial charge in [0.1, 0.15) is 25.0 Å². The fraction of sp³-hybridized carbons (Fsp3) is 0.244. The number of carbonyl (C=O) groups is 2. The first-order valence-electron chi connectivity index (χ1n) is 18.7. The summed E-state index contributed by atoms with van der Waals surface area (Å²) in [6.45, 7) is 7.03. The first-order chi connectivity index (χ1) is 27.6. The van der Waals surface area contributed by atoms with Gasteiger partial charge >= 0.3 is 0 Å². The van der Waals surface area contributed by atoms with Crippen molar-refractivity contribution in [1.82, 2.24) is 20.2 Å². The quantitative estimate of drug-likeness (QED) is 0.146. The van der Waals surface area contributed by atoms with Crippen molar-refractivity contribution < 1.29 is 28.2 Å². The number of aryl methyl sites for hydroxylation is 2. The van der Waals surface area contributed by atoms with Crippen LogP contribution in [-0.4, -0.2) is 45.9 Å². The average molecular weight is 804 g/mol. The SMILES string of the molecule is Cc1ncoc1C(=O)N1Cc2cc3c(cc2C[C@H]1C(=O)NCCc1ccc(-c2ccnc(C)c2C)cc1)OC[C@H](c1ccc(OCc2ccc(Cl)c(Cl)c2)cc1)O3. The molecule has 2 aromatic heterocycles. The Hall–Kier alpha value is -5.84. The number of nitrogens with one attached hydrogen (secondary N) is 1. The molecule has 0 spiro atoms. The van der Waals surface area contributed by atoms with Crippen LogP contribution in [0.5, 0.6) is 17.2 Å². The number of fused-ring (bicyclic) bond motifs is 2. The number of nitrogens with zero attached hydrogens (tertiary/aromatic N) is 3. The van der Waals surface area contributed by atoms with Crippen LogP contribution in [0.25, 0.3) is 11.1 Å². The van der Waals surface area contributed by atoms with Crippen LogP contribution in [0.2, 0.25) is 10.0 Å². The van der Waals surface area contributed by atoms with E-state index in [4.69, 9.17) is 41.8 Å². The molecule has 12 heteroatoms. The van der Waals surface area contributed by atoms with E-state index >= 15 is 0 Å². The van der Waals surface area contributed by atoms with Crippen LogP contribution >= 0.6 is 23.2 Å². The van der Waals surface area contributed by atoms with E-state index in [-0.39, 0.29) is 24.3 Å². The Bertz CT molecular complexity index is 2450. The van der Waals surface area contributed by atoms with Gasteiger partial charge in [0.15, 0.2) is 24.0 Å². The minimum absolute atomic E-state index is 0.109. The topological polar surface area (TPSA) is 116 Å². The molecule has 0 aliphatic carbocycles. The highest BCUT2D eigenvalue weighted by atomic mass is 35.5. The molecule has 2 aliphatic rings. The Morgan fingerprint density at radius 1 is 0.860 bits per heavy atom. The lowest BCUT2D eigenvalue weighted by Gasteiger charge is -2.37. The molecule has 0 saturated heterocycles. The van der Waals surface area contributed by atoms with Gasteiger partial charge in [0, 0.05) is 31.4 Å². The lowest BCUT2D eigenvalue weighted by atomic mass is 9.92. The number of benzene rings is 4. The third-order valence-electron chi connectivity index (χ3n) is 10.6. The summed E-state index contributed by atoms with van der Waals surface area (Å²) in [7, 11) is 0. The second-order valence-corrected chi connectivity index (χ2v) is 15.1. The highest BCUT2D eigenvalue weighted by molar-refractivity contribution is 6.42. The highest BCUT2D eigenvalue weighted by Crippen LogP contribution is 2.41. The molecule has 57 heavy (non-hydrogen) atoms. The fourth-order valence-electron chi connectivity index (χ4n) is 7.23. The molecule has 0 unspecified atom stereocenters. The second-order valence-electron chi connectivity index (χ2n) is 14.3. The molecular weight excluding hydrogens is 763 g/mol. The largest absolute Gasteiger partial charge is 0.489 e. The predicted octanol–water partition coefficient (Wildman–Crippen LogP) is 8.99. The van der Waals surface area contributed by atoms with Gasteiger partial charge < -0.3 is 28.8 Å². The molecular formula is C45H40Cl2N4O6. The Labute approximate surface area is 340 Å². The zero-order valence-electron chi connectivity index (χ0n) is 31.7. The van der Waals surface area contributed by atoms with Crippen LogP contribution in [0.1, 0.15) is 61.4 Å². The van der Waals surface area contributed by atoms with Crippen molar-refractivity contribution in [2.75, 3.05) is 13.2 Å². The van der Waals surface area contributed by atoms with E-state index in [0.29, 0.717) is 65.6 Å². The number of amides is 2. The molecule has 2 amide bonds. The maximum absolute atomic E-state index is 13.9. The summed E-state index contributed by atoms with van der Waals surface area (Å²) in [5.41, 5.74) is 9.58. The van der Waals surface area contributed by atoms with Gasteiger partial charge in [0.25, 0.3) is 5.91 Å². The van der Waals surface area contributed by atoms with Gasteiger partial charge in [-0.1, -0.05) is 65.7 Å². The van der Waals surface area contributed by atoms with Gasteiger partial charge in [-0.05, 0) is 114 Å². The monoisotopic (exact) mass is 802 g/mol. The molecule has 8 rings (SSSR count). The first kappa shape index (κ1) is 38.1. The summed E-state index contributed by atoms with van der Waals surface area (Å²) >= 11 is 12.2. The zero-order chi connectivity index (χ0) is 39.6. The van der Waals surface area contributed by atoms with Crippen molar-refractivity contribution >= 4 is 35.0 Å². The van der Waals surface area contributed by atoms with Crippen molar-refractivity contribution in [2.24, 2.45) is 0 Å². The average Bonchev–Trinajstić information content (AvgIpc) is 3.66. The molecule has 2 atom stereocenters. The number of rotatable bonds is 10. The predicted molar refractivity (Wildman–Crippen MR) is 217 cm³/mol. The van der Waals surface area contributed by atoms with E-state index in [0.717, 1.165) is 50.2 Å². The molecule has 4 aromatic carbocycles. The number of oxazole rings is 1. The molecule has 0 saturated carbocycles. The van der Waals surface area contributed by atoms with Crippen molar-refractivity contribution in [1.29, 1.82) is 0 Å². The van der Waals surface area contributed by atoms with E-state index in [1.54, 1.807) is 24.0 Å². The lowest BCUT2D eigenvalue weighted by molar-refractivity contribution is -0.126. The van der Waals surface area contributed by atoms with Gasteiger partial charge in [-0.15, -0.1) is 0 Å². The van der Waals surface area contributed by atoms with Gasteiger partial charge in [-0.2, -0.15) is 0 Å². The normalized spacial score (nSPS) is 15.8. The molecule has 290 valence electrons. The van der Waals surface area contributed by atoms with E-state index < -0.39 is 11.9 Å². The number of hydrogen-bond donors (Lipinski definition) is 1. The van der Waals surface area contributed by atoms with Crippen LogP contribution < -0.4 is 19.5 Å². The summed E-state index contributed by atoms with van der Waals surface area (Å²) in [5, 5.41) is 4.07. The molecule has 0 radical (unpaired) electrons. The minimum Gasteiger partial charge on any atom is -0.489 e. The molecule has 10 nitrogen and oxygen atoms in total. The summed E-state index contributed by atoms with van der Waals surface area (Å²) in [6, 6.07) is 26.5. The number of hydrogen-bond acceptors (Lipinski definition) is 8. The summed E-state index contributed by atoms with van der Waals surface area (Å²) in [6.07, 6.45) is 3.63.